The molecule has 0 aliphatic rings. The van der Waals surface area contributed by atoms with E-state index in [0.717, 1.165) is 0 Å². The second-order valence-corrected chi connectivity index (χ2v) is 4.09. The lowest BCUT2D eigenvalue weighted by atomic mass is 10.2. The monoisotopic (exact) mass is 283 g/mol. The van der Waals surface area contributed by atoms with E-state index in [1.807, 2.05) is 13.0 Å². The number of nitriles is 1. The number of benzene rings is 1. The first-order valence-electron chi connectivity index (χ1n) is 6.23. The number of carbonyl (C=O) groups excluding carboxylic acids is 1. The highest BCUT2D eigenvalue weighted by atomic mass is 16.5. The van der Waals surface area contributed by atoms with Gasteiger partial charge in [-0.05, 0) is 31.2 Å². The van der Waals surface area contributed by atoms with Crippen molar-refractivity contribution in [1.29, 1.82) is 5.26 Å². The molecule has 0 bridgehead atoms. The Kier molecular flexibility index (Phi) is 4.31. The number of carbonyl (C=O) groups is 1. The fourth-order valence-corrected chi connectivity index (χ4v) is 1.58. The summed E-state index contributed by atoms with van der Waals surface area (Å²) < 4.78 is 5.47. The molecule has 3 N–H and O–H groups in total. The van der Waals surface area contributed by atoms with Gasteiger partial charge in [0, 0.05) is 18.3 Å². The molecule has 2 rings (SSSR count). The molecule has 106 valence electrons. The molecular weight excluding hydrogens is 270 g/mol. The van der Waals surface area contributed by atoms with Gasteiger partial charge in [-0.1, -0.05) is 0 Å². The molecule has 21 heavy (non-hydrogen) atoms. The zero-order chi connectivity index (χ0) is 15.2. The Hall–Kier alpha value is -3.14. The predicted octanol–water partition coefficient (Wildman–Crippen LogP) is 1.47. The lowest BCUT2D eigenvalue weighted by Gasteiger charge is -2.07. The van der Waals surface area contributed by atoms with Crippen LogP contribution in [0.25, 0.3) is 0 Å². The van der Waals surface area contributed by atoms with Crippen LogP contribution in [0.15, 0.2) is 30.3 Å². The first-order chi connectivity index (χ1) is 10.1. The molecule has 7 heteroatoms. The first-order valence-corrected chi connectivity index (χ1v) is 6.23. The van der Waals surface area contributed by atoms with E-state index in [9.17, 15) is 4.79 Å². The van der Waals surface area contributed by atoms with Crippen molar-refractivity contribution >= 4 is 11.6 Å². The molecule has 0 spiro atoms. The molecule has 0 aliphatic carbocycles. The summed E-state index contributed by atoms with van der Waals surface area (Å²) in [6.07, 6.45) is 0. The fourth-order valence-electron chi connectivity index (χ4n) is 1.58. The number of rotatable bonds is 4. The summed E-state index contributed by atoms with van der Waals surface area (Å²) in [4.78, 5) is 11.5. The summed E-state index contributed by atoms with van der Waals surface area (Å²) in [5, 5.41) is 19.2. The molecule has 0 unspecified atom stereocenters. The minimum Gasteiger partial charge on any atom is -0.436 e. The van der Waals surface area contributed by atoms with Crippen molar-refractivity contribution in [3.8, 4) is 17.7 Å². The maximum Gasteiger partial charge on any atom is 0.271 e. The van der Waals surface area contributed by atoms with E-state index in [2.05, 4.69) is 15.5 Å². The maximum atomic E-state index is 11.5. The normalized spacial score (nSPS) is 9.71. The Morgan fingerprint density at radius 2 is 2.19 bits per heavy atom. The largest absolute Gasteiger partial charge is 0.436 e. The van der Waals surface area contributed by atoms with Gasteiger partial charge < -0.3 is 15.8 Å². The van der Waals surface area contributed by atoms with Crippen molar-refractivity contribution in [2.24, 2.45) is 0 Å². The Labute approximate surface area is 121 Å². The topological polar surface area (TPSA) is 114 Å². The van der Waals surface area contributed by atoms with Crippen molar-refractivity contribution < 1.29 is 9.53 Å². The highest BCUT2D eigenvalue weighted by molar-refractivity contribution is 5.91. The number of nitrogens with two attached hydrogens (primary N) is 1. The quantitative estimate of drug-likeness (QED) is 0.821. The molecule has 0 fully saturated rings. The van der Waals surface area contributed by atoms with Gasteiger partial charge in [-0.3, -0.25) is 4.79 Å². The Balaban J connectivity index is 2.18. The van der Waals surface area contributed by atoms with E-state index in [1.54, 1.807) is 12.1 Å². The SMILES string of the molecule is CCNC(=O)c1ccc(Oc2ccc(N)cc2C#N)nn1. The summed E-state index contributed by atoms with van der Waals surface area (Å²) in [6.45, 7) is 2.32. The molecule has 0 saturated heterocycles. The van der Waals surface area contributed by atoms with Crippen LogP contribution in [0.5, 0.6) is 11.6 Å². The van der Waals surface area contributed by atoms with Gasteiger partial charge in [-0.15, -0.1) is 10.2 Å². The number of nitrogens with zero attached hydrogens (tertiary/aromatic N) is 3. The third-order valence-electron chi connectivity index (χ3n) is 2.55. The molecular formula is C14H13N5O2. The smallest absolute Gasteiger partial charge is 0.271 e. The van der Waals surface area contributed by atoms with E-state index in [0.29, 0.717) is 23.5 Å². The summed E-state index contributed by atoms with van der Waals surface area (Å²) in [5.74, 6) is 0.206. The van der Waals surface area contributed by atoms with Crippen molar-refractivity contribution in [1.82, 2.24) is 15.5 Å². The molecule has 1 heterocycles. The van der Waals surface area contributed by atoms with E-state index in [4.69, 9.17) is 15.7 Å². The zero-order valence-electron chi connectivity index (χ0n) is 11.3. The molecule has 0 aliphatic heterocycles. The number of anilines is 1. The van der Waals surface area contributed by atoms with Crippen LogP contribution in [0.2, 0.25) is 0 Å². The molecule has 0 radical (unpaired) electrons. The van der Waals surface area contributed by atoms with Gasteiger partial charge in [-0.25, -0.2) is 0 Å². The van der Waals surface area contributed by atoms with Crippen LogP contribution in [0.1, 0.15) is 23.0 Å². The van der Waals surface area contributed by atoms with Gasteiger partial charge in [0.2, 0.25) is 5.88 Å². The number of amides is 1. The zero-order valence-corrected chi connectivity index (χ0v) is 11.3. The van der Waals surface area contributed by atoms with Gasteiger partial charge >= 0.3 is 0 Å². The van der Waals surface area contributed by atoms with Crippen molar-refractivity contribution in [3.05, 3.63) is 41.6 Å². The minimum absolute atomic E-state index is 0.185. The lowest BCUT2D eigenvalue weighted by Crippen LogP contribution is -2.23. The standard InChI is InChI=1S/C14H13N5O2/c1-2-17-14(20)11-4-6-13(19-18-11)21-12-5-3-10(16)7-9(12)8-15/h3-7H,2,16H2,1H3,(H,17,20). The average molecular weight is 283 g/mol. The van der Waals surface area contributed by atoms with E-state index in [1.165, 1.54) is 18.2 Å². The van der Waals surface area contributed by atoms with Crippen LogP contribution < -0.4 is 15.8 Å². The molecule has 0 atom stereocenters. The predicted molar refractivity (Wildman–Crippen MR) is 75.7 cm³/mol. The third-order valence-corrected chi connectivity index (χ3v) is 2.55. The van der Waals surface area contributed by atoms with Gasteiger partial charge in [0.05, 0.1) is 5.56 Å². The molecule has 7 nitrogen and oxygen atoms in total. The van der Waals surface area contributed by atoms with Crippen molar-refractivity contribution in [2.45, 2.75) is 6.92 Å². The third kappa shape index (κ3) is 3.45. The first kappa shape index (κ1) is 14.3. The Morgan fingerprint density at radius 1 is 1.38 bits per heavy atom. The second kappa shape index (κ2) is 6.34. The summed E-state index contributed by atoms with van der Waals surface area (Å²) in [6, 6.07) is 9.69. The molecule has 1 aromatic carbocycles. The van der Waals surface area contributed by atoms with Crippen LogP contribution in [-0.2, 0) is 0 Å². The number of hydrogen-bond acceptors (Lipinski definition) is 6. The average Bonchev–Trinajstić information content (AvgIpc) is 2.50. The van der Waals surface area contributed by atoms with Gasteiger partial charge in [0.15, 0.2) is 5.69 Å². The number of aromatic nitrogens is 2. The summed E-state index contributed by atoms with van der Waals surface area (Å²) in [7, 11) is 0. The lowest BCUT2D eigenvalue weighted by molar-refractivity contribution is 0.0949. The van der Waals surface area contributed by atoms with Crippen molar-refractivity contribution in [3.63, 3.8) is 0 Å². The van der Waals surface area contributed by atoms with Gasteiger partial charge in [-0.2, -0.15) is 5.26 Å². The molecule has 2 aromatic rings. The molecule has 0 saturated carbocycles. The van der Waals surface area contributed by atoms with Crippen molar-refractivity contribution in [2.75, 3.05) is 12.3 Å². The van der Waals surface area contributed by atoms with Crippen LogP contribution >= 0.6 is 0 Å². The fraction of sp³-hybridized carbons (Fsp3) is 0.143. The van der Waals surface area contributed by atoms with E-state index < -0.39 is 0 Å². The second-order valence-electron chi connectivity index (χ2n) is 4.09. The van der Waals surface area contributed by atoms with Crippen LogP contribution in [0.4, 0.5) is 5.69 Å². The van der Waals surface area contributed by atoms with Crippen LogP contribution in [0, 0.1) is 11.3 Å². The molecule has 1 amide bonds. The highest BCUT2D eigenvalue weighted by Crippen LogP contribution is 2.25. The summed E-state index contributed by atoms with van der Waals surface area (Å²) >= 11 is 0. The van der Waals surface area contributed by atoms with Crippen LogP contribution in [-0.4, -0.2) is 22.6 Å². The maximum absolute atomic E-state index is 11.5. The number of hydrogen-bond donors (Lipinski definition) is 2. The van der Waals surface area contributed by atoms with E-state index >= 15 is 0 Å². The summed E-state index contributed by atoms with van der Waals surface area (Å²) in [5.41, 5.74) is 6.56. The van der Waals surface area contributed by atoms with Gasteiger partial charge in [0.1, 0.15) is 11.8 Å². The number of ether oxygens (including phenoxy) is 1. The van der Waals surface area contributed by atoms with Crippen LogP contribution in [0.3, 0.4) is 0 Å². The highest BCUT2D eigenvalue weighted by Gasteiger charge is 2.09. The van der Waals surface area contributed by atoms with Gasteiger partial charge in [0.25, 0.3) is 5.91 Å². The number of nitrogens with one attached hydrogen (secondary N) is 1. The minimum atomic E-state index is -0.304. The Morgan fingerprint density at radius 3 is 2.81 bits per heavy atom. The Bertz CT molecular complexity index is 692. The molecule has 1 aromatic heterocycles. The van der Waals surface area contributed by atoms with E-state index in [-0.39, 0.29) is 17.5 Å². The number of nitrogen functional groups attached to an aromatic ring is 1.